The number of benzene rings is 1. The average Bonchev–Trinajstić information content (AvgIpc) is 2.66. The van der Waals surface area contributed by atoms with E-state index in [0.717, 1.165) is 48.2 Å². The number of rotatable bonds is 4. The minimum Gasteiger partial charge on any atom is -0.462 e. The van der Waals surface area contributed by atoms with Gasteiger partial charge in [0, 0.05) is 24.0 Å². The van der Waals surface area contributed by atoms with Gasteiger partial charge < -0.3 is 9.64 Å². The predicted molar refractivity (Wildman–Crippen MR) is 98.0 cm³/mol. The van der Waals surface area contributed by atoms with Crippen molar-refractivity contribution in [2.75, 3.05) is 24.6 Å². The Morgan fingerprint density at radius 2 is 2.08 bits per heavy atom. The molecule has 128 valence electrons. The number of anilines is 1. The SMILES string of the molecule is CCOC(=O)/C(C#N)=C\c1cc2ccccc2nc1N1CCCCC1. The molecule has 0 saturated carbocycles. The molecule has 2 heterocycles. The number of ether oxygens (including phenoxy) is 1. The highest BCUT2D eigenvalue weighted by Gasteiger charge is 2.18. The molecule has 0 atom stereocenters. The zero-order valence-electron chi connectivity index (χ0n) is 14.4. The molecular weight excluding hydrogens is 314 g/mol. The van der Waals surface area contributed by atoms with E-state index in [1.165, 1.54) is 6.42 Å². The molecule has 1 aliphatic heterocycles. The van der Waals surface area contributed by atoms with Crippen molar-refractivity contribution >= 4 is 28.8 Å². The molecule has 0 amide bonds. The van der Waals surface area contributed by atoms with E-state index in [1.807, 2.05) is 36.4 Å². The van der Waals surface area contributed by atoms with Crippen molar-refractivity contribution in [3.8, 4) is 6.07 Å². The van der Waals surface area contributed by atoms with Crippen LogP contribution in [0.5, 0.6) is 0 Å². The summed E-state index contributed by atoms with van der Waals surface area (Å²) in [6, 6.07) is 11.8. The summed E-state index contributed by atoms with van der Waals surface area (Å²) >= 11 is 0. The molecule has 1 aromatic heterocycles. The molecule has 25 heavy (non-hydrogen) atoms. The Labute approximate surface area is 147 Å². The number of hydrogen-bond acceptors (Lipinski definition) is 5. The Morgan fingerprint density at radius 3 is 2.80 bits per heavy atom. The molecule has 0 radical (unpaired) electrons. The van der Waals surface area contributed by atoms with Gasteiger partial charge in [0.2, 0.25) is 0 Å². The van der Waals surface area contributed by atoms with Crippen molar-refractivity contribution in [2.45, 2.75) is 26.2 Å². The monoisotopic (exact) mass is 335 g/mol. The smallest absolute Gasteiger partial charge is 0.348 e. The second-order valence-corrected chi connectivity index (χ2v) is 6.03. The van der Waals surface area contributed by atoms with Crippen LogP contribution >= 0.6 is 0 Å². The number of pyridine rings is 1. The lowest BCUT2D eigenvalue weighted by Crippen LogP contribution is -2.30. The van der Waals surface area contributed by atoms with Gasteiger partial charge in [0.25, 0.3) is 0 Å². The minimum atomic E-state index is -0.595. The van der Waals surface area contributed by atoms with Crippen LogP contribution in [0.1, 0.15) is 31.7 Å². The zero-order valence-corrected chi connectivity index (χ0v) is 14.4. The first-order chi connectivity index (χ1) is 12.2. The van der Waals surface area contributed by atoms with Gasteiger partial charge in [-0.2, -0.15) is 5.26 Å². The van der Waals surface area contributed by atoms with Crippen molar-refractivity contribution in [2.24, 2.45) is 0 Å². The summed E-state index contributed by atoms with van der Waals surface area (Å²) in [6.45, 7) is 3.84. The first-order valence-electron chi connectivity index (χ1n) is 8.66. The summed E-state index contributed by atoms with van der Waals surface area (Å²) in [7, 11) is 0. The standard InChI is InChI=1S/C20H21N3O2/c1-2-25-20(24)17(14-21)13-16-12-15-8-4-5-9-18(15)22-19(16)23-10-6-3-7-11-23/h4-5,8-9,12-13H,2-3,6-7,10-11H2,1H3/b17-13-. The van der Waals surface area contributed by atoms with E-state index in [-0.39, 0.29) is 12.2 Å². The molecule has 0 N–H and O–H groups in total. The summed E-state index contributed by atoms with van der Waals surface area (Å²) in [6.07, 6.45) is 5.07. The van der Waals surface area contributed by atoms with E-state index >= 15 is 0 Å². The van der Waals surface area contributed by atoms with E-state index in [2.05, 4.69) is 4.90 Å². The van der Waals surface area contributed by atoms with Crippen molar-refractivity contribution in [3.05, 3.63) is 41.5 Å². The second kappa shape index (κ2) is 7.80. The van der Waals surface area contributed by atoms with Crippen LogP contribution in [0, 0.1) is 11.3 Å². The van der Waals surface area contributed by atoms with Gasteiger partial charge in [-0.25, -0.2) is 9.78 Å². The van der Waals surface area contributed by atoms with Crippen LogP contribution in [0.4, 0.5) is 5.82 Å². The van der Waals surface area contributed by atoms with E-state index in [1.54, 1.807) is 13.0 Å². The van der Waals surface area contributed by atoms with E-state index in [0.29, 0.717) is 0 Å². The molecule has 0 spiro atoms. The van der Waals surface area contributed by atoms with Gasteiger partial charge in [0.1, 0.15) is 17.5 Å². The quantitative estimate of drug-likeness (QED) is 0.484. The van der Waals surface area contributed by atoms with E-state index in [4.69, 9.17) is 9.72 Å². The van der Waals surface area contributed by atoms with Crippen LogP contribution in [-0.2, 0) is 9.53 Å². The molecular formula is C20H21N3O2. The van der Waals surface area contributed by atoms with Gasteiger partial charge in [0.15, 0.2) is 0 Å². The molecule has 1 aromatic carbocycles. The zero-order chi connectivity index (χ0) is 17.6. The molecule has 0 bridgehead atoms. The third-order valence-electron chi connectivity index (χ3n) is 4.30. The first kappa shape index (κ1) is 17.0. The average molecular weight is 335 g/mol. The molecule has 3 rings (SSSR count). The molecule has 2 aromatic rings. The summed E-state index contributed by atoms with van der Waals surface area (Å²) in [5.74, 6) is 0.234. The minimum absolute atomic E-state index is 0.00260. The Hall–Kier alpha value is -2.87. The summed E-state index contributed by atoms with van der Waals surface area (Å²) in [5.41, 5.74) is 1.69. The summed E-state index contributed by atoms with van der Waals surface area (Å²) in [4.78, 5) is 19.0. The van der Waals surface area contributed by atoms with E-state index < -0.39 is 5.97 Å². The van der Waals surface area contributed by atoms with Crippen molar-refractivity contribution < 1.29 is 9.53 Å². The maximum Gasteiger partial charge on any atom is 0.348 e. The molecule has 5 nitrogen and oxygen atoms in total. The lowest BCUT2D eigenvalue weighted by atomic mass is 10.1. The topological polar surface area (TPSA) is 66.2 Å². The van der Waals surface area contributed by atoms with Crippen LogP contribution in [0.25, 0.3) is 17.0 Å². The van der Waals surface area contributed by atoms with Crippen molar-refractivity contribution in [3.63, 3.8) is 0 Å². The predicted octanol–water partition coefficient (Wildman–Crippen LogP) is 3.70. The summed E-state index contributed by atoms with van der Waals surface area (Å²) in [5, 5.41) is 10.3. The Balaban J connectivity index is 2.10. The van der Waals surface area contributed by atoms with Crippen LogP contribution in [0.3, 0.4) is 0 Å². The van der Waals surface area contributed by atoms with E-state index in [9.17, 15) is 10.1 Å². The molecule has 0 unspecified atom stereocenters. The van der Waals surface area contributed by atoms with Gasteiger partial charge in [-0.05, 0) is 44.4 Å². The number of nitrogens with zero attached hydrogens (tertiary/aromatic N) is 3. The van der Waals surface area contributed by atoms with Gasteiger partial charge in [0.05, 0.1) is 12.1 Å². The van der Waals surface area contributed by atoms with Crippen LogP contribution < -0.4 is 4.90 Å². The van der Waals surface area contributed by atoms with Gasteiger partial charge in [-0.3, -0.25) is 0 Å². The number of fused-ring (bicyclic) bond motifs is 1. The highest BCUT2D eigenvalue weighted by Crippen LogP contribution is 2.28. The van der Waals surface area contributed by atoms with Gasteiger partial charge >= 0.3 is 5.97 Å². The Morgan fingerprint density at radius 1 is 1.32 bits per heavy atom. The molecule has 1 saturated heterocycles. The third kappa shape index (κ3) is 3.80. The number of aromatic nitrogens is 1. The van der Waals surface area contributed by atoms with Crippen LogP contribution in [-0.4, -0.2) is 30.6 Å². The highest BCUT2D eigenvalue weighted by molar-refractivity contribution is 5.99. The number of carbonyl (C=O) groups is 1. The molecule has 0 aliphatic carbocycles. The van der Waals surface area contributed by atoms with Gasteiger partial charge in [-0.1, -0.05) is 18.2 Å². The fraction of sp³-hybridized carbons (Fsp3) is 0.350. The molecule has 1 aliphatic rings. The maximum absolute atomic E-state index is 12.0. The largest absolute Gasteiger partial charge is 0.462 e. The number of nitriles is 1. The normalized spacial score (nSPS) is 15.0. The Bertz CT molecular complexity index is 846. The lowest BCUT2D eigenvalue weighted by molar-refractivity contribution is -0.137. The maximum atomic E-state index is 12.0. The van der Waals surface area contributed by atoms with Gasteiger partial charge in [-0.15, -0.1) is 0 Å². The molecule has 1 fully saturated rings. The second-order valence-electron chi connectivity index (χ2n) is 6.03. The van der Waals surface area contributed by atoms with Crippen LogP contribution in [0.15, 0.2) is 35.9 Å². The number of hydrogen-bond donors (Lipinski definition) is 0. The third-order valence-corrected chi connectivity index (χ3v) is 4.30. The number of piperidine rings is 1. The van der Waals surface area contributed by atoms with Crippen LogP contribution in [0.2, 0.25) is 0 Å². The number of para-hydroxylation sites is 1. The fourth-order valence-corrected chi connectivity index (χ4v) is 3.09. The lowest BCUT2D eigenvalue weighted by Gasteiger charge is -2.29. The highest BCUT2D eigenvalue weighted by atomic mass is 16.5. The Kier molecular flexibility index (Phi) is 5.30. The number of carbonyl (C=O) groups excluding carboxylic acids is 1. The number of esters is 1. The molecule has 5 heteroatoms. The summed E-state index contributed by atoms with van der Waals surface area (Å²) < 4.78 is 4.98. The van der Waals surface area contributed by atoms with Crippen molar-refractivity contribution in [1.29, 1.82) is 5.26 Å². The van der Waals surface area contributed by atoms with Crippen molar-refractivity contribution in [1.82, 2.24) is 4.98 Å². The first-order valence-corrected chi connectivity index (χ1v) is 8.66. The fourth-order valence-electron chi connectivity index (χ4n) is 3.09.